The van der Waals surface area contributed by atoms with E-state index in [-0.39, 0.29) is 0 Å². The molecule has 0 aromatic rings. The van der Waals surface area contributed by atoms with Crippen molar-refractivity contribution in [2.75, 3.05) is 0 Å². The smallest absolute Gasteiger partial charge is 0.0161 e. The van der Waals surface area contributed by atoms with Crippen molar-refractivity contribution in [2.24, 2.45) is 35.5 Å². The molecule has 0 amide bonds. The maximum absolute atomic E-state index is 1.98. The summed E-state index contributed by atoms with van der Waals surface area (Å²) in [5, 5.41) is 0. The molecular weight excluding hydrogens is 168 g/mol. The lowest BCUT2D eigenvalue weighted by Crippen LogP contribution is -2.32. The summed E-state index contributed by atoms with van der Waals surface area (Å²) in [4.78, 5) is 0. The Morgan fingerprint density at radius 1 is 0.714 bits per heavy atom. The Hall–Kier alpha value is -0.260. The highest BCUT2D eigenvalue weighted by atomic mass is 14.7. The van der Waals surface area contributed by atoms with Gasteiger partial charge in [0.25, 0.3) is 0 Å². The number of rotatable bonds is 0. The second-order valence-electron chi connectivity index (χ2n) is 6.49. The third-order valence-corrected chi connectivity index (χ3v) is 6.46. The minimum atomic E-state index is 1.11. The molecule has 0 radical (unpaired) electrons. The first-order valence-electron chi connectivity index (χ1n) is 6.65. The van der Waals surface area contributed by atoms with Gasteiger partial charge in [-0.1, -0.05) is 11.1 Å². The van der Waals surface area contributed by atoms with Crippen molar-refractivity contribution < 1.29 is 0 Å². The van der Waals surface area contributed by atoms with E-state index in [9.17, 15) is 0 Å². The largest absolute Gasteiger partial charge is 0.0670 e. The van der Waals surface area contributed by atoms with Crippen LogP contribution in [0, 0.1) is 35.5 Å². The monoisotopic (exact) mass is 186 g/mol. The first-order valence-corrected chi connectivity index (χ1v) is 6.65. The molecule has 5 rings (SSSR count). The fraction of sp³-hybridized carbons (Fsp3) is 0.857. The van der Waals surface area contributed by atoms with Crippen molar-refractivity contribution in [3.63, 3.8) is 0 Å². The van der Waals surface area contributed by atoms with Crippen LogP contribution in [0.1, 0.15) is 38.5 Å². The predicted octanol–water partition coefficient (Wildman–Crippen LogP) is 3.39. The van der Waals surface area contributed by atoms with Crippen LogP contribution in [-0.4, -0.2) is 0 Å². The summed E-state index contributed by atoms with van der Waals surface area (Å²) in [5.74, 6) is 6.97. The number of hydrogen-bond acceptors (Lipinski definition) is 0. The van der Waals surface area contributed by atoms with Gasteiger partial charge in [-0.2, -0.15) is 0 Å². The molecule has 0 spiro atoms. The highest BCUT2D eigenvalue weighted by Crippen LogP contribution is 2.71. The second kappa shape index (κ2) is 1.99. The zero-order valence-electron chi connectivity index (χ0n) is 8.71. The second-order valence-corrected chi connectivity index (χ2v) is 6.49. The average molecular weight is 186 g/mol. The summed E-state index contributed by atoms with van der Waals surface area (Å²) in [6, 6.07) is 0. The third-order valence-electron chi connectivity index (χ3n) is 6.46. The normalized spacial score (nSPS) is 61.7. The van der Waals surface area contributed by atoms with Crippen LogP contribution in [-0.2, 0) is 0 Å². The molecule has 0 heteroatoms. The van der Waals surface area contributed by atoms with Gasteiger partial charge in [0, 0.05) is 0 Å². The summed E-state index contributed by atoms with van der Waals surface area (Å²) < 4.78 is 0. The molecule has 0 heterocycles. The molecule has 0 nitrogen and oxygen atoms in total. The maximum Gasteiger partial charge on any atom is -0.0161 e. The Balaban J connectivity index is 1.68. The van der Waals surface area contributed by atoms with Gasteiger partial charge >= 0.3 is 0 Å². The van der Waals surface area contributed by atoms with Gasteiger partial charge in [-0.05, 0) is 74.0 Å². The molecule has 0 saturated heterocycles. The standard InChI is InChI=1S/C14H18/c1-2-8-5-7(1)13-11-6-12(14(8)13)10-4-3-9(10)11/h7-8,11-14H,1-6H2. The first kappa shape index (κ1) is 7.09. The van der Waals surface area contributed by atoms with E-state index in [1.165, 1.54) is 36.5 Å². The summed E-state index contributed by atoms with van der Waals surface area (Å²) in [7, 11) is 0. The van der Waals surface area contributed by atoms with Crippen LogP contribution in [0.15, 0.2) is 11.1 Å². The Kier molecular flexibility index (Phi) is 1.00. The van der Waals surface area contributed by atoms with Crippen LogP contribution in [0.25, 0.3) is 0 Å². The Morgan fingerprint density at radius 2 is 1.29 bits per heavy atom. The number of hydrogen-bond donors (Lipinski definition) is 0. The molecule has 5 aliphatic carbocycles. The number of fused-ring (bicyclic) bond motifs is 11. The summed E-state index contributed by atoms with van der Waals surface area (Å²) in [6.07, 6.45) is 9.42. The summed E-state index contributed by atoms with van der Waals surface area (Å²) in [6.45, 7) is 0. The quantitative estimate of drug-likeness (QED) is 0.402. The van der Waals surface area contributed by atoms with Crippen molar-refractivity contribution in [1.29, 1.82) is 0 Å². The van der Waals surface area contributed by atoms with Crippen LogP contribution >= 0.6 is 0 Å². The van der Waals surface area contributed by atoms with Gasteiger partial charge in [-0.3, -0.25) is 0 Å². The van der Waals surface area contributed by atoms with E-state index in [0.717, 1.165) is 11.8 Å². The molecule has 6 atom stereocenters. The van der Waals surface area contributed by atoms with Crippen molar-refractivity contribution in [1.82, 2.24) is 0 Å². The lowest BCUT2D eigenvalue weighted by atomic mass is 9.64. The van der Waals surface area contributed by atoms with Gasteiger partial charge in [0.2, 0.25) is 0 Å². The zero-order valence-corrected chi connectivity index (χ0v) is 8.71. The van der Waals surface area contributed by atoms with Gasteiger partial charge in [-0.15, -0.1) is 0 Å². The highest BCUT2D eigenvalue weighted by Gasteiger charge is 2.62. The van der Waals surface area contributed by atoms with E-state index in [1.54, 1.807) is 25.7 Å². The molecule has 3 fully saturated rings. The van der Waals surface area contributed by atoms with Gasteiger partial charge in [-0.25, -0.2) is 0 Å². The summed E-state index contributed by atoms with van der Waals surface area (Å²) in [5.41, 5.74) is 3.95. The molecule has 6 unspecified atom stereocenters. The van der Waals surface area contributed by atoms with E-state index in [2.05, 4.69) is 0 Å². The molecule has 5 aliphatic rings. The van der Waals surface area contributed by atoms with Gasteiger partial charge < -0.3 is 0 Å². The minimum Gasteiger partial charge on any atom is -0.0670 e. The van der Waals surface area contributed by atoms with Crippen molar-refractivity contribution in [2.45, 2.75) is 38.5 Å². The molecule has 4 bridgehead atoms. The SMILES string of the molecule is C1CC2=C1C1CC2C2C3CCC(C3)C12. The first-order chi connectivity index (χ1) is 6.93. The minimum absolute atomic E-state index is 1.11. The van der Waals surface area contributed by atoms with Crippen LogP contribution in [0.5, 0.6) is 0 Å². The fourth-order valence-electron chi connectivity index (χ4n) is 6.17. The molecule has 14 heavy (non-hydrogen) atoms. The molecular formula is C14H18. The number of allylic oxidation sites excluding steroid dienone is 2. The average Bonchev–Trinajstić information content (AvgIpc) is 2.76. The van der Waals surface area contributed by atoms with E-state index >= 15 is 0 Å². The van der Waals surface area contributed by atoms with Crippen molar-refractivity contribution in [3.8, 4) is 0 Å². The molecule has 0 N–H and O–H groups in total. The molecule has 0 aromatic carbocycles. The van der Waals surface area contributed by atoms with Gasteiger partial charge in [0.05, 0.1) is 0 Å². The van der Waals surface area contributed by atoms with Crippen LogP contribution in [0.4, 0.5) is 0 Å². The Bertz CT molecular complexity index is 319. The third kappa shape index (κ3) is 0.547. The Morgan fingerprint density at radius 3 is 1.79 bits per heavy atom. The lowest BCUT2D eigenvalue weighted by molar-refractivity contribution is 0.183. The molecule has 0 aromatic heterocycles. The predicted molar refractivity (Wildman–Crippen MR) is 55.7 cm³/mol. The van der Waals surface area contributed by atoms with Crippen LogP contribution in [0.2, 0.25) is 0 Å². The van der Waals surface area contributed by atoms with Gasteiger partial charge in [0.15, 0.2) is 0 Å². The van der Waals surface area contributed by atoms with Crippen LogP contribution in [0.3, 0.4) is 0 Å². The lowest BCUT2D eigenvalue weighted by Gasteiger charge is -2.41. The molecule has 0 aliphatic heterocycles. The van der Waals surface area contributed by atoms with E-state index in [0.29, 0.717) is 0 Å². The van der Waals surface area contributed by atoms with E-state index < -0.39 is 0 Å². The topological polar surface area (TPSA) is 0 Å². The fourth-order valence-corrected chi connectivity index (χ4v) is 6.17. The molecule has 74 valence electrons. The van der Waals surface area contributed by atoms with E-state index in [1.807, 2.05) is 11.1 Å². The zero-order chi connectivity index (χ0) is 8.86. The van der Waals surface area contributed by atoms with E-state index in [4.69, 9.17) is 0 Å². The van der Waals surface area contributed by atoms with Crippen LogP contribution < -0.4 is 0 Å². The Labute approximate surface area is 85.8 Å². The van der Waals surface area contributed by atoms with Gasteiger partial charge in [0.1, 0.15) is 0 Å². The van der Waals surface area contributed by atoms with Crippen molar-refractivity contribution in [3.05, 3.63) is 11.1 Å². The maximum atomic E-state index is 1.98. The summed E-state index contributed by atoms with van der Waals surface area (Å²) >= 11 is 0. The van der Waals surface area contributed by atoms with Crippen molar-refractivity contribution >= 4 is 0 Å². The highest BCUT2D eigenvalue weighted by molar-refractivity contribution is 5.40. The molecule has 3 saturated carbocycles.